The Morgan fingerprint density at radius 2 is 1.71 bits per heavy atom. The summed E-state index contributed by atoms with van der Waals surface area (Å²) in [6.45, 7) is 10.8. The summed E-state index contributed by atoms with van der Waals surface area (Å²) >= 11 is 0. The maximum atomic E-state index is 5.62. The highest BCUT2D eigenvalue weighted by molar-refractivity contribution is 5.59. The molecule has 1 N–H and O–H groups in total. The predicted molar refractivity (Wildman–Crippen MR) is 84.7 cm³/mol. The summed E-state index contributed by atoms with van der Waals surface area (Å²) in [6.07, 6.45) is 0.0222. The second-order valence-corrected chi connectivity index (χ2v) is 5.34. The summed E-state index contributed by atoms with van der Waals surface area (Å²) in [5, 5.41) is 3.12. The minimum Gasteiger partial charge on any atom is -0.461 e. The molecule has 5 heteroatoms. The quantitative estimate of drug-likeness (QED) is 0.913. The van der Waals surface area contributed by atoms with Crippen molar-refractivity contribution in [2.75, 3.05) is 11.9 Å². The SMILES string of the molecule is CCNc1nc(OC(C)C)nc(-c2cc(C)cc(C)c2)n1. The van der Waals surface area contributed by atoms with Crippen molar-refractivity contribution in [2.45, 2.75) is 40.7 Å². The fourth-order valence-corrected chi connectivity index (χ4v) is 2.09. The molecule has 0 bridgehead atoms. The van der Waals surface area contributed by atoms with E-state index >= 15 is 0 Å². The monoisotopic (exact) mass is 286 g/mol. The third-order valence-electron chi connectivity index (χ3n) is 2.77. The molecule has 1 aromatic carbocycles. The molecule has 0 unspecified atom stereocenters. The van der Waals surface area contributed by atoms with Gasteiger partial charge in [0.05, 0.1) is 6.10 Å². The number of aromatic nitrogens is 3. The number of rotatable bonds is 5. The van der Waals surface area contributed by atoms with Crippen molar-refractivity contribution in [1.29, 1.82) is 0 Å². The van der Waals surface area contributed by atoms with E-state index in [0.29, 0.717) is 17.8 Å². The van der Waals surface area contributed by atoms with Crippen LogP contribution in [0.2, 0.25) is 0 Å². The average molecular weight is 286 g/mol. The Balaban J connectivity index is 2.47. The van der Waals surface area contributed by atoms with E-state index in [4.69, 9.17) is 4.74 Å². The van der Waals surface area contributed by atoms with Crippen molar-refractivity contribution in [1.82, 2.24) is 15.0 Å². The number of anilines is 1. The molecule has 0 spiro atoms. The fourth-order valence-electron chi connectivity index (χ4n) is 2.09. The molecule has 0 amide bonds. The zero-order valence-corrected chi connectivity index (χ0v) is 13.3. The largest absolute Gasteiger partial charge is 0.461 e. The van der Waals surface area contributed by atoms with Gasteiger partial charge in [0.1, 0.15) is 0 Å². The Morgan fingerprint density at radius 3 is 2.29 bits per heavy atom. The van der Waals surface area contributed by atoms with E-state index in [2.05, 4.69) is 52.3 Å². The second kappa shape index (κ2) is 6.52. The summed E-state index contributed by atoms with van der Waals surface area (Å²) in [4.78, 5) is 13.2. The minimum absolute atomic E-state index is 0.0222. The van der Waals surface area contributed by atoms with Gasteiger partial charge in [-0.1, -0.05) is 17.2 Å². The molecule has 0 aliphatic carbocycles. The van der Waals surface area contributed by atoms with Crippen LogP contribution in [-0.2, 0) is 0 Å². The van der Waals surface area contributed by atoms with Crippen LogP contribution < -0.4 is 10.1 Å². The first-order valence-corrected chi connectivity index (χ1v) is 7.23. The van der Waals surface area contributed by atoms with Gasteiger partial charge < -0.3 is 10.1 Å². The minimum atomic E-state index is 0.0222. The normalized spacial score (nSPS) is 10.8. The fraction of sp³-hybridized carbons (Fsp3) is 0.438. The van der Waals surface area contributed by atoms with Crippen LogP contribution in [0.5, 0.6) is 6.01 Å². The molecule has 2 aromatic rings. The van der Waals surface area contributed by atoms with Crippen molar-refractivity contribution in [3.05, 3.63) is 29.3 Å². The van der Waals surface area contributed by atoms with Gasteiger partial charge in [-0.25, -0.2) is 0 Å². The van der Waals surface area contributed by atoms with E-state index in [1.54, 1.807) is 0 Å². The first kappa shape index (κ1) is 15.2. The number of aryl methyl sites for hydroxylation is 2. The molecule has 0 saturated carbocycles. The summed E-state index contributed by atoms with van der Waals surface area (Å²) < 4.78 is 5.62. The van der Waals surface area contributed by atoms with Crippen LogP contribution >= 0.6 is 0 Å². The molecule has 1 aromatic heterocycles. The van der Waals surface area contributed by atoms with Crippen LogP contribution in [0.4, 0.5) is 5.95 Å². The van der Waals surface area contributed by atoms with E-state index in [1.165, 1.54) is 11.1 Å². The molecule has 0 aliphatic rings. The summed E-state index contributed by atoms with van der Waals surface area (Å²) in [5.74, 6) is 1.17. The van der Waals surface area contributed by atoms with Gasteiger partial charge in [0.25, 0.3) is 0 Å². The maximum Gasteiger partial charge on any atom is 0.322 e. The lowest BCUT2D eigenvalue weighted by molar-refractivity contribution is 0.222. The zero-order chi connectivity index (χ0) is 15.4. The number of benzene rings is 1. The van der Waals surface area contributed by atoms with Gasteiger partial charge >= 0.3 is 6.01 Å². The number of hydrogen-bond donors (Lipinski definition) is 1. The lowest BCUT2D eigenvalue weighted by Gasteiger charge is -2.11. The lowest BCUT2D eigenvalue weighted by atomic mass is 10.1. The summed E-state index contributed by atoms with van der Waals surface area (Å²) in [5.41, 5.74) is 3.34. The molecule has 0 saturated heterocycles. The molecule has 0 atom stereocenters. The third-order valence-corrected chi connectivity index (χ3v) is 2.77. The molecule has 0 fully saturated rings. The lowest BCUT2D eigenvalue weighted by Crippen LogP contribution is -2.12. The van der Waals surface area contributed by atoms with Gasteiger partial charge in [-0.15, -0.1) is 0 Å². The Morgan fingerprint density at radius 1 is 1.05 bits per heavy atom. The van der Waals surface area contributed by atoms with Gasteiger partial charge in [-0.05, 0) is 46.8 Å². The second-order valence-electron chi connectivity index (χ2n) is 5.34. The van der Waals surface area contributed by atoms with Gasteiger partial charge in [-0.3, -0.25) is 0 Å². The van der Waals surface area contributed by atoms with Crippen LogP contribution in [-0.4, -0.2) is 27.6 Å². The van der Waals surface area contributed by atoms with E-state index < -0.39 is 0 Å². The Bertz CT molecular complexity index is 605. The van der Waals surface area contributed by atoms with Crippen molar-refractivity contribution < 1.29 is 4.74 Å². The predicted octanol–water partition coefficient (Wildman–Crippen LogP) is 3.37. The molecule has 0 aliphatic heterocycles. The molecule has 0 radical (unpaired) electrons. The summed E-state index contributed by atoms with van der Waals surface area (Å²) in [6, 6.07) is 6.61. The highest BCUT2D eigenvalue weighted by atomic mass is 16.5. The number of hydrogen-bond acceptors (Lipinski definition) is 5. The van der Waals surface area contributed by atoms with Crippen molar-refractivity contribution in [3.63, 3.8) is 0 Å². The highest BCUT2D eigenvalue weighted by Crippen LogP contribution is 2.22. The number of nitrogens with one attached hydrogen (secondary N) is 1. The van der Waals surface area contributed by atoms with Crippen molar-refractivity contribution >= 4 is 5.95 Å². The molecular weight excluding hydrogens is 264 g/mol. The Kier molecular flexibility index (Phi) is 4.73. The molecule has 112 valence electrons. The van der Waals surface area contributed by atoms with Crippen LogP contribution in [0.25, 0.3) is 11.4 Å². The van der Waals surface area contributed by atoms with Crippen molar-refractivity contribution in [3.8, 4) is 17.4 Å². The molecule has 1 heterocycles. The van der Waals surface area contributed by atoms with Crippen LogP contribution in [0.1, 0.15) is 31.9 Å². The van der Waals surface area contributed by atoms with Gasteiger partial charge in [0.15, 0.2) is 5.82 Å². The number of nitrogens with zero attached hydrogens (tertiary/aromatic N) is 3. The first-order chi connectivity index (χ1) is 9.97. The van der Waals surface area contributed by atoms with Crippen LogP contribution in [0.3, 0.4) is 0 Å². The third kappa shape index (κ3) is 4.15. The molecular formula is C16H22N4O. The smallest absolute Gasteiger partial charge is 0.322 e. The molecule has 5 nitrogen and oxygen atoms in total. The first-order valence-electron chi connectivity index (χ1n) is 7.23. The Labute approximate surface area is 125 Å². The number of ether oxygens (including phenoxy) is 1. The zero-order valence-electron chi connectivity index (χ0n) is 13.3. The van der Waals surface area contributed by atoms with Crippen molar-refractivity contribution in [2.24, 2.45) is 0 Å². The Hall–Kier alpha value is -2.17. The maximum absolute atomic E-state index is 5.62. The van der Waals surface area contributed by atoms with Gasteiger partial charge in [-0.2, -0.15) is 15.0 Å². The average Bonchev–Trinajstić information content (AvgIpc) is 2.36. The molecule has 2 rings (SSSR count). The standard InChI is InChI=1S/C16H22N4O/c1-6-17-15-18-14(19-16(20-15)21-10(2)3)13-8-11(4)7-12(5)9-13/h7-10H,6H2,1-5H3,(H,17,18,19,20). The van der Waals surface area contributed by atoms with E-state index in [0.717, 1.165) is 12.1 Å². The van der Waals surface area contributed by atoms with E-state index in [1.807, 2.05) is 20.8 Å². The molecule has 21 heavy (non-hydrogen) atoms. The van der Waals surface area contributed by atoms with Crippen LogP contribution in [0.15, 0.2) is 18.2 Å². The van der Waals surface area contributed by atoms with E-state index in [9.17, 15) is 0 Å². The topological polar surface area (TPSA) is 59.9 Å². The van der Waals surface area contributed by atoms with Crippen LogP contribution in [0, 0.1) is 13.8 Å². The highest BCUT2D eigenvalue weighted by Gasteiger charge is 2.11. The van der Waals surface area contributed by atoms with E-state index in [-0.39, 0.29) is 6.10 Å². The van der Waals surface area contributed by atoms with Gasteiger partial charge in [0.2, 0.25) is 5.95 Å². The summed E-state index contributed by atoms with van der Waals surface area (Å²) in [7, 11) is 0. The van der Waals surface area contributed by atoms with Gasteiger partial charge in [0, 0.05) is 12.1 Å².